The average molecular weight is 383 g/mol. The van der Waals surface area contributed by atoms with E-state index >= 15 is 0 Å². The molecule has 1 nitrogen and oxygen atoms in total. The van der Waals surface area contributed by atoms with Gasteiger partial charge in [0.15, 0.2) is 0 Å². The van der Waals surface area contributed by atoms with Gasteiger partial charge in [-0.15, -0.1) is 0 Å². The van der Waals surface area contributed by atoms with Crippen LogP contribution < -0.4 is 0 Å². The molecule has 0 spiro atoms. The van der Waals surface area contributed by atoms with Gasteiger partial charge in [-0.2, -0.15) is 0 Å². The summed E-state index contributed by atoms with van der Waals surface area (Å²) < 4.78 is 0. The van der Waals surface area contributed by atoms with Crippen molar-refractivity contribution >= 4 is 0 Å². The lowest BCUT2D eigenvalue weighted by molar-refractivity contribution is 0.112. The van der Waals surface area contributed by atoms with Crippen molar-refractivity contribution in [2.75, 3.05) is 0 Å². The quantitative estimate of drug-likeness (QED) is 0.491. The summed E-state index contributed by atoms with van der Waals surface area (Å²) in [5.74, 6) is 2.98. The SMILES string of the molecule is C=C1CC[C@H](O)C/C1=C/C=C1\CCC[C@]2(C)[C@@H]([C@H](C)/C=C/CC(C)C)CC[C@@H]12. The van der Waals surface area contributed by atoms with E-state index in [0.29, 0.717) is 11.3 Å². The zero-order valence-electron chi connectivity index (χ0n) is 18.7. The molecule has 0 aromatic heterocycles. The second kappa shape index (κ2) is 9.16. The molecule has 0 bridgehead atoms. The minimum absolute atomic E-state index is 0.180. The lowest BCUT2D eigenvalue weighted by Gasteiger charge is -2.44. The van der Waals surface area contributed by atoms with Gasteiger partial charge in [0.2, 0.25) is 0 Å². The molecule has 0 aliphatic heterocycles. The normalized spacial score (nSPS) is 37.9. The highest BCUT2D eigenvalue weighted by molar-refractivity contribution is 5.36. The molecule has 0 heterocycles. The molecule has 0 unspecified atom stereocenters. The molecule has 5 atom stereocenters. The van der Waals surface area contributed by atoms with Crippen LogP contribution in [0.15, 0.2) is 47.6 Å². The van der Waals surface area contributed by atoms with Crippen LogP contribution in [0.1, 0.15) is 85.5 Å². The fraction of sp³-hybridized carbons (Fsp3) is 0.704. The molecule has 0 amide bonds. The van der Waals surface area contributed by atoms with Crippen LogP contribution in [-0.2, 0) is 0 Å². The maximum Gasteiger partial charge on any atom is 0.0583 e. The van der Waals surface area contributed by atoms with Gasteiger partial charge < -0.3 is 5.11 Å². The largest absolute Gasteiger partial charge is 0.393 e. The highest BCUT2D eigenvalue weighted by Gasteiger charge is 2.50. The Bertz CT molecular complexity index is 649. The first-order valence-electron chi connectivity index (χ1n) is 11.7. The zero-order chi connectivity index (χ0) is 20.3. The minimum atomic E-state index is -0.180. The van der Waals surface area contributed by atoms with Crippen LogP contribution in [0, 0.1) is 29.1 Å². The summed E-state index contributed by atoms with van der Waals surface area (Å²) in [5, 5.41) is 10.0. The monoisotopic (exact) mass is 382 g/mol. The molecule has 3 aliphatic rings. The van der Waals surface area contributed by atoms with Crippen LogP contribution in [0.25, 0.3) is 0 Å². The Labute approximate surface area is 173 Å². The molecule has 1 N–H and O–H groups in total. The molecule has 0 saturated heterocycles. The van der Waals surface area contributed by atoms with Crippen molar-refractivity contribution in [3.8, 4) is 0 Å². The molecular weight excluding hydrogens is 340 g/mol. The van der Waals surface area contributed by atoms with Gasteiger partial charge in [0.05, 0.1) is 6.10 Å². The average Bonchev–Trinajstić information content (AvgIpc) is 2.99. The van der Waals surface area contributed by atoms with Crippen molar-refractivity contribution in [3.05, 3.63) is 47.6 Å². The molecule has 1 heteroatoms. The first-order valence-corrected chi connectivity index (χ1v) is 11.7. The Morgan fingerprint density at radius 2 is 1.93 bits per heavy atom. The predicted octanol–water partition coefficient (Wildman–Crippen LogP) is 7.40. The van der Waals surface area contributed by atoms with E-state index in [2.05, 4.69) is 58.6 Å². The number of aliphatic hydroxyl groups excluding tert-OH is 1. The maximum atomic E-state index is 10.0. The van der Waals surface area contributed by atoms with Gasteiger partial charge in [-0.3, -0.25) is 0 Å². The molecule has 156 valence electrons. The number of hydrogen-bond acceptors (Lipinski definition) is 1. The lowest BCUT2D eigenvalue weighted by Crippen LogP contribution is -2.35. The molecule has 3 aliphatic carbocycles. The van der Waals surface area contributed by atoms with Crippen molar-refractivity contribution in [1.82, 2.24) is 0 Å². The zero-order valence-corrected chi connectivity index (χ0v) is 18.7. The summed E-state index contributed by atoms with van der Waals surface area (Å²) >= 11 is 0. The van der Waals surface area contributed by atoms with Gasteiger partial charge in [-0.1, -0.05) is 69.7 Å². The van der Waals surface area contributed by atoms with Crippen molar-refractivity contribution in [2.24, 2.45) is 29.1 Å². The van der Waals surface area contributed by atoms with Gasteiger partial charge in [0.25, 0.3) is 0 Å². The topological polar surface area (TPSA) is 20.2 Å². The van der Waals surface area contributed by atoms with E-state index in [1.54, 1.807) is 5.57 Å². The number of aliphatic hydroxyl groups is 1. The van der Waals surface area contributed by atoms with Gasteiger partial charge in [0.1, 0.15) is 0 Å². The van der Waals surface area contributed by atoms with E-state index in [-0.39, 0.29) is 6.10 Å². The number of rotatable bonds is 5. The maximum absolute atomic E-state index is 10.0. The second-order valence-electron chi connectivity index (χ2n) is 10.4. The van der Waals surface area contributed by atoms with Crippen LogP contribution in [0.3, 0.4) is 0 Å². The Morgan fingerprint density at radius 3 is 2.68 bits per heavy atom. The molecule has 0 aromatic carbocycles. The van der Waals surface area contributed by atoms with E-state index in [4.69, 9.17) is 0 Å². The van der Waals surface area contributed by atoms with Gasteiger partial charge >= 0.3 is 0 Å². The molecule has 3 saturated carbocycles. The van der Waals surface area contributed by atoms with Crippen LogP contribution in [0.5, 0.6) is 0 Å². The van der Waals surface area contributed by atoms with Gasteiger partial charge in [-0.25, -0.2) is 0 Å². The summed E-state index contributed by atoms with van der Waals surface area (Å²) in [5.41, 5.74) is 4.62. The van der Waals surface area contributed by atoms with E-state index in [1.807, 2.05) is 0 Å². The number of fused-ring (bicyclic) bond motifs is 1. The predicted molar refractivity (Wildman–Crippen MR) is 121 cm³/mol. The first-order chi connectivity index (χ1) is 13.3. The highest BCUT2D eigenvalue weighted by Crippen LogP contribution is 2.59. The summed E-state index contributed by atoms with van der Waals surface area (Å²) in [6.45, 7) is 13.9. The van der Waals surface area contributed by atoms with Crippen molar-refractivity contribution in [2.45, 2.75) is 91.6 Å². The van der Waals surface area contributed by atoms with Crippen LogP contribution in [0.4, 0.5) is 0 Å². The fourth-order valence-electron chi connectivity index (χ4n) is 6.24. The molecule has 0 radical (unpaired) electrons. The molecule has 28 heavy (non-hydrogen) atoms. The second-order valence-corrected chi connectivity index (χ2v) is 10.4. The van der Waals surface area contributed by atoms with E-state index < -0.39 is 0 Å². The van der Waals surface area contributed by atoms with Gasteiger partial charge in [-0.05, 0) is 92.4 Å². The van der Waals surface area contributed by atoms with Gasteiger partial charge in [0, 0.05) is 0 Å². The van der Waals surface area contributed by atoms with Crippen molar-refractivity contribution in [1.29, 1.82) is 0 Å². The Balaban J connectivity index is 1.74. The smallest absolute Gasteiger partial charge is 0.0583 e. The summed E-state index contributed by atoms with van der Waals surface area (Å²) in [6.07, 6.45) is 19.9. The Morgan fingerprint density at radius 1 is 1.14 bits per heavy atom. The first kappa shape index (κ1) is 21.6. The van der Waals surface area contributed by atoms with Crippen molar-refractivity contribution < 1.29 is 5.11 Å². The number of hydrogen-bond donors (Lipinski definition) is 1. The Hall–Kier alpha value is -1.08. The third-order valence-electron chi connectivity index (χ3n) is 7.91. The summed E-state index contributed by atoms with van der Waals surface area (Å²) in [4.78, 5) is 0. The summed E-state index contributed by atoms with van der Waals surface area (Å²) in [7, 11) is 0. The Kier molecular flexibility index (Phi) is 7.07. The van der Waals surface area contributed by atoms with Crippen LogP contribution in [0.2, 0.25) is 0 Å². The molecule has 0 aromatic rings. The highest BCUT2D eigenvalue weighted by atomic mass is 16.3. The number of allylic oxidation sites excluding steroid dienone is 6. The third-order valence-corrected chi connectivity index (χ3v) is 7.91. The third kappa shape index (κ3) is 4.73. The van der Waals surface area contributed by atoms with E-state index in [9.17, 15) is 5.11 Å². The van der Waals surface area contributed by atoms with Crippen molar-refractivity contribution in [3.63, 3.8) is 0 Å². The van der Waals surface area contributed by atoms with E-state index in [1.165, 1.54) is 49.7 Å². The van der Waals surface area contributed by atoms with Crippen LogP contribution >= 0.6 is 0 Å². The molecular formula is C27H42O. The van der Waals surface area contributed by atoms with Crippen LogP contribution in [-0.4, -0.2) is 11.2 Å². The van der Waals surface area contributed by atoms with E-state index in [0.717, 1.165) is 37.0 Å². The summed E-state index contributed by atoms with van der Waals surface area (Å²) in [6, 6.07) is 0. The molecule has 3 fully saturated rings. The molecule has 3 rings (SSSR count). The standard InChI is InChI=1S/C27H42O/c1-19(2)8-6-9-21(4)25-15-16-26-22(10-7-17-27(25,26)5)12-13-23-18-24(28)14-11-20(23)3/h6,9,12-13,19,21,24-26,28H,3,7-8,10-11,14-18H2,1-2,4-5H3/b9-6+,22-12+,23-13-/t21-,24+,25-,26+,27-/m1/s1. The minimum Gasteiger partial charge on any atom is -0.393 e. The fourth-order valence-corrected chi connectivity index (χ4v) is 6.24. The lowest BCUT2D eigenvalue weighted by atomic mass is 9.61.